The van der Waals surface area contributed by atoms with Gasteiger partial charge in [-0.15, -0.1) is 0 Å². The number of rotatable bonds is 2. The SMILES string of the molecule is NC1CCCCC1N.O=S(=O)([O-])c1cc2cc(S(=O)(=O)[O-])c(O)cc2cc1O.[Pt+2]. The standard InChI is InChI=1S/C10H8O8S2.C6H14N2.Pt/c11-7-1-5-2-8(12)10(20(16,17)18)4-6(5)3-9(7)19(13,14)15;7-5-3-1-2-4-6(5)8;/h1-4,11-12H,(H,13,14,15)(H,16,17,18);5-6H,1-4,7-8H2;/q;;+2/p-2. The molecule has 0 saturated heterocycles. The first-order valence-electron chi connectivity index (χ1n) is 8.23. The molecule has 2 aromatic carbocycles. The molecule has 0 aromatic heterocycles. The van der Waals surface area contributed by atoms with Crippen molar-refractivity contribution in [2.75, 3.05) is 0 Å². The van der Waals surface area contributed by atoms with Crippen molar-refractivity contribution in [2.24, 2.45) is 11.5 Å². The molecule has 10 nitrogen and oxygen atoms in total. The largest absolute Gasteiger partial charge is 2.00 e. The fourth-order valence-corrected chi connectivity index (χ4v) is 4.05. The quantitative estimate of drug-likeness (QED) is 0.334. The van der Waals surface area contributed by atoms with Crippen LogP contribution in [0.1, 0.15) is 25.7 Å². The number of phenols is 2. The molecule has 1 aliphatic carbocycles. The van der Waals surface area contributed by atoms with Crippen LogP contribution in [0.4, 0.5) is 0 Å². The Hall–Kier alpha value is -1.27. The predicted molar refractivity (Wildman–Crippen MR) is 97.6 cm³/mol. The maximum atomic E-state index is 10.9. The molecule has 0 amide bonds. The van der Waals surface area contributed by atoms with Gasteiger partial charge in [-0.1, -0.05) is 12.8 Å². The monoisotopic (exact) mass is 627 g/mol. The molecule has 0 radical (unpaired) electrons. The average molecular weight is 628 g/mol. The van der Waals surface area contributed by atoms with Crippen LogP contribution in [0.3, 0.4) is 0 Å². The first kappa shape index (κ1) is 25.8. The second kappa shape index (κ2) is 9.69. The van der Waals surface area contributed by atoms with Crippen molar-refractivity contribution >= 4 is 31.0 Å². The number of phenolic OH excluding ortho intramolecular Hbond substituents is 2. The molecule has 1 fully saturated rings. The van der Waals surface area contributed by atoms with E-state index in [1.54, 1.807) is 0 Å². The molecule has 0 spiro atoms. The molecule has 2 aromatic rings. The van der Waals surface area contributed by atoms with Crippen molar-refractivity contribution in [1.29, 1.82) is 0 Å². The van der Waals surface area contributed by atoms with E-state index in [4.69, 9.17) is 11.5 Å². The first-order chi connectivity index (χ1) is 12.8. The van der Waals surface area contributed by atoms with E-state index in [9.17, 15) is 36.2 Å². The molecule has 164 valence electrons. The zero-order chi connectivity index (χ0) is 21.3. The van der Waals surface area contributed by atoms with Crippen LogP contribution in [0.5, 0.6) is 11.5 Å². The van der Waals surface area contributed by atoms with E-state index in [2.05, 4.69) is 0 Å². The van der Waals surface area contributed by atoms with E-state index in [0.29, 0.717) is 0 Å². The molecular weight excluding hydrogens is 607 g/mol. The summed E-state index contributed by atoms with van der Waals surface area (Å²) < 4.78 is 65.4. The summed E-state index contributed by atoms with van der Waals surface area (Å²) in [4.78, 5) is -1.91. The fraction of sp³-hybridized carbons (Fsp3) is 0.375. The van der Waals surface area contributed by atoms with Gasteiger partial charge in [0.05, 0.1) is 9.79 Å². The summed E-state index contributed by atoms with van der Waals surface area (Å²) in [7, 11) is -9.95. The van der Waals surface area contributed by atoms with E-state index in [1.807, 2.05) is 0 Å². The van der Waals surface area contributed by atoms with E-state index in [0.717, 1.165) is 37.1 Å². The second-order valence-electron chi connectivity index (χ2n) is 6.51. The minimum Gasteiger partial charge on any atom is -0.744 e. The minimum atomic E-state index is -4.97. The second-order valence-corrected chi connectivity index (χ2v) is 9.20. The van der Waals surface area contributed by atoms with E-state index >= 15 is 0 Å². The van der Waals surface area contributed by atoms with Gasteiger partial charge in [-0.2, -0.15) is 0 Å². The van der Waals surface area contributed by atoms with E-state index < -0.39 is 41.5 Å². The summed E-state index contributed by atoms with van der Waals surface area (Å²) in [5.41, 5.74) is 11.3. The number of hydrogen-bond acceptors (Lipinski definition) is 10. The van der Waals surface area contributed by atoms with Gasteiger partial charge in [0.15, 0.2) is 0 Å². The Balaban J connectivity index is 0.000000394. The molecule has 13 heteroatoms. The van der Waals surface area contributed by atoms with Gasteiger partial charge in [-0.3, -0.25) is 0 Å². The summed E-state index contributed by atoms with van der Waals surface area (Å²) in [5, 5.41) is 18.8. The number of benzene rings is 2. The predicted octanol–water partition coefficient (Wildman–Crippen LogP) is 0.272. The third kappa shape index (κ3) is 6.61. The minimum absolute atomic E-state index is 0. The van der Waals surface area contributed by atoms with Gasteiger partial charge >= 0.3 is 21.1 Å². The average Bonchev–Trinajstić information content (AvgIpc) is 2.55. The van der Waals surface area contributed by atoms with Gasteiger partial charge < -0.3 is 30.8 Å². The summed E-state index contributed by atoms with van der Waals surface area (Å²) >= 11 is 0. The van der Waals surface area contributed by atoms with Crippen LogP contribution >= 0.6 is 0 Å². The van der Waals surface area contributed by atoms with Gasteiger partial charge in [0.1, 0.15) is 31.7 Å². The van der Waals surface area contributed by atoms with Crippen LogP contribution < -0.4 is 11.5 Å². The molecule has 3 rings (SSSR count). The van der Waals surface area contributed by atoms with Gasteiger partial charge in [0, 0.05) is 12.1 Å². The van der Waals surface area contributed by atoms with Crippen molar-refractivity contribution in [2.45, 2.75) is 47.6 Å². The zero-order valence-corrected chi connectivity index (χ0v) is 18.8. The van der Waals surface area contributed by atoms with Crippen molar-refractivity contribution in [1.82, 2.24) is 0 Å². The molecule has 0 heterocycles. The Labute approximate surface area is 182 Å². The Morgan fingerprint density at radius 2 is 1.07 bits per heavy atom. The topological polar surface area (TPSA) is 207 Å². The van der Waals surface area contributed by atoms with Crippen molar-refractivity contribution < 1.29 is 57.2 Å². The van der Waals surface area contributed by atoms with Crippen LogP contribution in [0.15, 0.2) is 34.1 Å². The molecule has 29 heavy (non-hydrogen) atoms. The van der Waals surface area contributed by atoms with Crippen LogP contribution in [0.25, 0.3) is 10.8 Å². The van der Waals surface area contributed by atoms with Crippen LogP contribution in [0, 0.1) is 0 Å². The number of aromatic hydroxyl groups is 2. The summed E-state index contributed by atoms with van der Waals surface area (Å²) in [6.45, 7) is 0. The van der Waals surface area contributed by atoms with Crippen molar-refractivity contribution in [3.05, 3.63) is 24.3 Å². The Bertz CT molecular complexity index is 1010. The third-order valence-electron chi connectivity index (χ3n) is 4.41. The maximum absolute atomic E-state index is 10.9. The number of nitrogens with two attached hydrogens (primary N) is 2. The number of fused-ring (bicyclic) bond motifs is 1. The van der Waals surface area contributed by atoms with Gasteiger partial charge in [0.2, 0.25) is 0 Å². The van der Waals surface area contributed by atoms with E-state index in [-0.39, 0.29) is 43.9 Å². The van der Waals surface area contributed by atoms with E-state index in [1.165, 1.54) is 12.8 Å². The summed E-state index contributed by atoms with van der Waals surface area (Å²) in [6.07, 6.45) is 4.80. The normalized spacial score (nSPS) is 19.7. The van der Waals surface area contributed by atoms with Gasteiger partial charge in [-0.05, 0) is 47.9 Å². The van der Waals surface area contributed by atoms with Crippen molar-refractivity contribution in [3.63, 3.8) is 0 Å². The molecule has 0 bridgehead atoms. The van der Waals surface area contributed by atoms with Crippen LogP contribution in [-0.2, 0) is 41.3 Å². The molecular formula is C16H20N2O8PtS2. The summed E-state index contributed by atoms with van der Waals surface area (Å²) in [6, 6.07) is 3.73. The smallest absolute Gasteiger partial charge is 0.744 e. The molecule has 2 atom stereocenters. The Morgan fingerprint density at radius 1 is 0.759 bits per heavy atom. The fourth-order valence-electron chi connectivity index (χ4n) is 2.87. The molecule has 6 N–H and O–H groups in total. The molecule has 1 saturated carbocycles. The zero-order valence-electron chi connectivity index (χ0n) is 14.9. The molecule has 2 unspecified atom stereocenters. The van der Waals surface area contributed by atoms with Gasteiger partial charge in [0.25, 0.3) is 0 Å². The third-order valence-corrected chi connectivity index (χ3v) is 6.14. The number of hydrogen-bond donors (Lipinski definition) is 4. The van der Waals surface area contributed by atoms with Crippen molar-refractivity contribution in [3.8, 4) is 11.5 Å². The molecule has 0 aliphatic heterocycles. The molecule has 1 aliphatic rings. The maximum Gasteiger partial charge on any atom is 2.00 e. The Kier molecular flexibility index (Phi) is 8.61. The van der Waals surface area contributed by atoms with Crippen LogP contribution in [0.2, 0.25) is 0 Å². The first-order valence-corrected chi connectivity index (χ1v) is 11.0. The van der Waals surface area contributed by atoms with Gasteiger partial charge in [-0.25, -0.2) is 16.8 Å². The Morgan fingerprint density at radius 3 is 1.34 bits per heavy atom. The van der Waals surface area contributed by atoms with Crippen LogP contribution in [-0.4, -0.2) is 48.2 Å². The summed E-state index contributed by atoms with van der Waals surface area (Å²) in [5.74, 6) is -1.69.